The number of urea groups is 1. The normalized spacial score (nSPS) is 15.8. The zero-order valence-corrected chi connectivity index (χ0v) is 12.7. The molecular weight excluding hydrogens is 290 g/mol. The molecule has 0 spiro atoms. The number of amides is 2. The van der Waals surface area contributed by atoms with Crippen molar-refractivity contribution in [2.45, 2.75) is 31.7 Å². The minimum atomic E-state index is -3.33. The molecule has 0 aliphatic heterocycles. The first-order valence-electron chi connectivity index (χ1n) is 7.15. The Hall–Kier alpha value is -1.60. The minimum Gasteiger partial charge on any atom is -0.337 e. The standard InChI is InChI=1S/C14H21N3O3S/c18-14(16-12-6-2-1-3-7-12)15-10-11-21(19,20)17-13-8-4-5-9-13/h1-3,6-7,13,17H,4-5,8-11H2,(H2,15,16,18). The highest BCUT2D eigenvalue weighted by molar-refractivity contribution is 7.89. The lowest BCUT2D eigenvalue weighted by molar-refractivity contribution is 0.252. The molecule has 1 saturated carbocycles. The molecule has 116 valence electrons. The van der Waals surface area contributed by atoms with E-state index in [1.54, 1.807) is 12.1 Å². The third-order valence-corrected chi connectivity index (χ3v) is 4.82. The maximum atomic E-state index is 11.8. The summed E-state index contributed by atoms with van der Waals surface area (Å²) in [7, 11) is -3.33. The molecule has 3 N–H and O–H groups in total. The lowest BCUT2D eigenvalue weighted by Gasteiger charge is -2.13. The molecule has 1 fully saturated rings. The highest BCUT2D eigenvalue weighted by Crippen LogP contribution is 2.18. The summed E-state index contributed by atoms with van der Waals surface area (Å²) in [5.74, 6) is -0.105. The van der Waals surface area contributed by atoms with E-state index in [1.165, 1.54) is 0 Å². The summed E-state index contributed by atoms with van der Waals surface area (Å²) < 4.78 is 26.4. The van der Waals surface area contributed by atoms with Crippen molar-refractivity contribution >= 4 is 21.7 Å². The van der Waals surface area contributed by atoms with Gasteiger partial charge in [0.05, 0.1) is 5.75 Å². The Balaban J connectivity index is 1.69. The topological polar surface area (TPSA) is 87.3 Å². The van der Waals surface area contributed by atoms with Crippen LogP contribution in [-0.4, -0.2) is 32.8 Å². The predicted molar refractivity (Wildman–Crippen MR) is 82.6 cm³/mol. The van der Waals surface area contributed by atoms with Gasteiger partial charge in [-0.3, -0.25) is 0 Å². The molecule has 7 heteroatoms. The van der Waals surface area contributed by atoms with Crippen LogP contribution in [0.2, 0.25) is 0 Å². The predicted octanol–water partition coefficient (Wildman–Crippen LogP) is 1.67. The summed E-state index contributed by atoms with van der Waals surface area (Å²) >= 11 is 0. The highest BCUT2D eigenvalue weighted by Gasteiger charge is 2.21. The maximum Gasteiger partial charge on any atom is 0.319 e. The van der Waals surface area contributed by atoms with Crippen molar-refractivity contribution in [1.29, 1.82) is 0 Å². The molecule has 0 atom stereocenters. The molecule has 0 saturated heterocycles. The molecule has 1 aromatic carbocycles. The summed E-state index contributed by atoms with van der Waals surface area (Å²) in [6.45, 7) is 0.0840. The van der Waals surface area contributed by atoms with Gasteiger partial charge in [-0.1, -0.05) is 31.0 Å². The third kappa shape index (κ3) is 5.73. The summed E-state index contributed by atoms with van der Waals surface area (Å²) in [5.41, 5.74) is 0.668. The van der Waals surface area contributed by atoms with Gasteiger partial charge < -0.3 is 10.6 Å². The summed E-state index contributed by atoms with van der Waals surface area (Å²) in [6.07, 6.45) is 3.96. The Labute approximate surface area is 125 Å². The molecule has 0 aromatic heterocycles. The number of rotatable bonds is 6. The average Bonchev–Trinajstić information content (AvgIpc) is 2.91. The third-order valence-electron chi connectivity index (χ3n) is 3.39. The van der Waals surface area contributed by atoms with Crippen LogP contribution in [-0.2, 0) is 10.0 Å². The molecule has 0 radical (unpaired) electrons. The highest BCUT2D eigenvalue weighted by atomic mass is 32.2. The molecular formula is C14H21N3O3S. The first-order chi connectivity index (χ1) is 10.1. The van der Waals surface area contributed by atoms with Gasteiger partial charge in [-0.25, -0.2) is 17.9 Å². The van der Waals surface area contributed by atoms with Crippen LogP contribution in [0.25, 0.3) is 0 Å². The summed E-state index contributed by atoms with van der Waals surface area (Å²) in [5, 5.41) is 5.18. The van der Waals surface area contributed by atoms with E-state index < -0.39 is 16.1 Å². The molecule has 1 aliphatic rings. The van der Waals surface area contributed by atoms with Crippen LogP contribution in [0, 0.1) is 0 Å². The van der Waals surface area contributed by atoms with Crippen molar-refractivity contribution in [3.63, 3.8) is 0 Å². The van der Waals surface area contributed by atoms with Crippen LogP contribution in [0.1, 0.15) is 25.7 Å². The second kappa shape index (κ2) is 7.42. The summed E-state index contributed by atoms with van der Waals surface area (Å²) in [4.78, 5) is 11.6. The monoisotopic (exact) mass is 311 g/mol. The lowest BCUT2D eigenvalue weighted by atomic mass is 10.3. The molecule has 2 amide bonds. The van der Waals surface area contributed by atoms with Crippen molar-refractivity contribution in [2.24, 2.45) is 0 Å². The molecule has 0 bridgehead atoms. The van der Waals surface area contributed by atoms with E-state index >= 15 is 0 Å². The Kier molecular flexibility index (Phi) is 5.58. The molecule has 21 heavy (non-hydrogen) atoms. The van der Waals surface area contributed by atoms with Gasteiger partial charge in [0.2, 0.25) is 10.0 Å². The number of hydrogen-bond donors (Lipinski definition) is 3. The molecule has 1 aromatic rings. The van der Waals surface area contributed by atoms with E-state index in [0.717, 1.165) is 25.7 Å². The van der Waals surface area contributed by atoms with Gasteiger partial charge in [-0.15, -0.1) is 0 Å². The fourth-order valence-electron chi connectivity index (χ4n) is 2.35. The SMILES string of the molecule is O=C(NCCS(=O)(=O)NC1CCCC1)Nc1ccccc1. The van der Waals surface area contributed by atoms with Crippen LogP contribution in [0.3, 0.4) is 0 Å². The van der Waals surface area contributed by atoms with Crippen molar-refractivity contribution in [2.75, 3.05) is 17.6 Å². The van der Waals surface area contributed by atoms with Gasteiger partial charge in [-0.2, -0.15) is 0 Å². The van der Waals surface area contributed by atoms with Crippen LogP contribution in [0.4, 0.5) is 10.5 Å². The number of anilines is 1. The van der Waals surface area contributed by atoms with Gasteiger partial charge in [0, 0.05) is 18.3 Å². The second-order valence-electron chi connectivity index (χ2n) is 5.17. The Morgan fingerprint density at radius 2 is 1.81 bits per heavy atom. The van der Waals surface area contributed by atoms with Crippen molar-refractivity contribution in [3.05, 3.63) is 30.3 Å². The largest absolute Gasteiger partial charge is 0.337 e. The number of carbonyl (C=O) groups is 1. The number of para-hydroxylation sites is 1. The summed E-state index contributed by atoms with van der Waals surface area (Å²) in [6, 6.07) is 8.66. The number of benzene rings is 1. The number of sulfonamides is 1. The average molecular weight is 311 g/mol. The van der Waals surface area contributed by atoms with Crippen LogP contribution in [0.5, 0.6) is 0 Å². The Morgan fingerprint density at radius 1 is 1.14 bits per heavy atom. The minimum absolute atomic E-state index is 0.0631. The Morgan fingerprint density at radius 3 is 2.48 bits per heavy atom. The van der Waals surface area contributed by atoms with E-state index in [4.69, 9.17) is 0 Å². The lowest BCUT2D eigenvalue weighted by Crippen LogP contribution is -2.39. The zero-order chi connectivity index (χ0) is 15.1. The van der Waals surface area contributed by atoms with Crippen molar-refractivity contribution in [3.8, 4) is 0 Å². The molecule has 0 unspecified atom stereocenters. The van der Waals surface area contributed by atoms with Gasteiger partial charge in [0.25, 0.3) is 0 Å². The zero-order valence-electron chi connectivity index (χ0n) is 11.8. The van der Waals surface area contributed by atoms with E-state index in [2.05, 4.69) is 15.4 Å². The van der Waals surface area contributed by atoms with Gasteiger partial charge >= 0.3 is 6.03 Å². The Bertz CT molecular complexity index is 554. The molecule has 6 nitrogen and oxygen atoms in total. The van der Waals surface area contributed by atoms with Gasteiger partial charge in [0.15, 0.2) is 0 Å². The first-order valence-corrected chi connectivity index (χ1v) is 8.80. The fraction of sp³-hybridized carbons (Fsp3) is 0.500. The van der Waals surface area contributed by atoms with Crippen LogP contribution >= 0.6 is 0 Å². The van der Waals surface area contributed by atoms with Gasteiger partial charge in [-0.05, 0) is 25.0 Å². The van der Waals surface area contributed by atoms with E-state index in [0.29, 0.717) is 5.69 Å². The number of nitrogens with one attached hydrogen (secondary N) is 3. The molecule has 2 rings (SSSR count). The fourth-order valence-corrected chi connectivity index (χ4v) is 3.58. The van der Waals surface area contributed by atoms with E-state index in [9.17, 15) is 13.2 Å². The smallest absolute Gasteiger partial charge is 0.319 e. The van der Waals surface area contributed by atoms with Crippen molar-refractivity contribution < 1.29 is 13.2 Å². The first kappa shape index (κ1) is 15.8. The van der Waals surface area contributed by atoms with Crippen LogP contribution in [0.15, 0.2) is 30.3 Å². The second-order valence-corrected chi connectivity index (χ2v) is 7.04. The number of carbonyl (C=O) groups excluding carboxylic acids is 1. The molecule has 0 heterocycles. The van der Waals surface area contributed by atoms with Gasteiger partial charge in [0.1, 0.15) is 0 Å². The van der Waals surface area contributed by atoms with Crippen LogP contribution < -0.4 is 15.4 Å². The maximum absolute atomic E-state index is 11.8. The van der Waals surface area contributed by atoms with E-state index in [1.807, 2.05) is 18.2 Å². The van der Waals surface area contributed by atoms with Crippen molar-refractivity contribution in [1.82, 2.24) is 10.0 Å². The molecule has 1 aliphatic carbocycles. The quantitative estimate of drug-likeness (QED) is 0.747. The number of hydrogen-bond acceptors (Lipinski definition) is 3. The van der Waals surface area contributed by atoms with E-state index in [-0.39, 0.29) is 18.3 Å².